The Labute approximate surface area is 199 Å². The van der Waals surface area contributed by atoms with Gasteiger partial charge in [-0.15, -0.1) is 0 Å². The van der Waals surface area contributed by atoms with Crippen molar-refractivity contribution in [3.8, 4) is 16.8 Å². The van der Waals surface area contributed by atoms with Crippen molar-refractivity contribution in [2.45, 2.75) is 25.7 Å². The van der Waals surface area contributed by atoms with Crippen LogP contribution >= 0.6 is 0 Å². The standard InChI is InChI=1S/C26H23F2N5O2/c27-23-19(18-6-3-16-2-1-10-29-20(16)13-18)7-8-21(24(23)28)33-22(30-31-26(33)35)12-15-9-11-32(14-15)25(34)17-4-5-17/h1-3,6-8,10,13,15,17H,4-5,9,11-12,14H2,(H,31,35)/t15-/m0/s1. The van der Waals surface area contributed by atoms with Gasteiger partial charge in [0.2, 0.25) is 5.91 Å². The first-order chi connectivity index (χ1) is 17.0. The number of carbonyl (C=O) groups excluding carboxylic acids is 1. The fourth-order valence-corrected chi connectivity index (χ4v) is 4.93. The maximum atomic E-state index is 15.3. The van der Waals surface area contributed by atoms with Crippen molar-refractivity contribution in [1.29, 1.82) is 0 Å². The van der Waals surface area contributed by atoms with Crippen LogP contribution in [0.3, 0.4) is 0 Å². The Morgan fingerprint density at radius 3 is 2.77 bits per heavy atom. The Morgan fingerprint density at radius 1 is 1.09 bits per heavy atom. The van der Waals surface area contributed by atoms with E-state index in [1.807, 2.05) is 17.0 Å². The van der Waals surface area contributed by atoms with E-state index in [1.54, 1.807) is 24.4 Å². The summed E-state index contributed by atoms with van der Waals surface area (Å²) in [7, 11) is 0. The number of carbonyl (C=O) groups is 1. The number of halogens is 2. The molecule has 4 aromatic rings. The zero-order valence-electron chi connectivity index (χ0n) is 18.9. The van der Waals surface area contributed by atoms with E-state index >= 15 is 8.78 Å². The molecule has 2 aromatic carbocycles. The first-order valence-electron chi connectivity index (χ1n) is 11.8. The number of hydrogen-bond acceptors (Lipinski definition) is 4. The van der Waals surface area contributed by atoms with E-state index in [9.17, 15) is 9.59 Å². The minimum Gasteiger partial charge on any atom is -0.342 e. The van der Waals surface area contributed by atoms with Crippen LogP contribution in [0.1, 0.15) is 25.1 Å². The van der Waals surface area contributed by atoms with E-state index in [1.165, 1.54) is 12.1 Å². The summed E-state index contributed by atoms with van der Waals surface area (Å²) < 4.78 is 31.7. The van der Waals surface area contributed by atoms with Crippen LogP contribution < -0.4 is 5.69 Å². The molecule has 1 atom stereocenters. The lowest BCUT2D eigenvalue weighted by Crippen LogP contribution is -2.30. The molecule has 1 saturated heterocycles. The van der Waals surface area contributed by atoms with Gasteiger partial charge in [0.25, 0.3) is 0 Å². The molecule has 1 saturated carbocycles. The summed E-state index contributed by atoms with van der Waals surface area (Å²) in [6, 6.07) is 11.8. The number of amides is 1. The van der Waals surface area contributed by atoms with Gasteiger partial charge in [-0.25, -0.2) is 23.2 Å². The van der Waals surface area contributed by atoms with Crippen LogP contribution in [-0.4, -0.2) is 43.6 Å². The van der Waals surface area contributed by atoms with E-state index in [-0.39, 0.29) is 29.0 Å². The maximum absolute atomic E-state index is 15.3. The van der Waals surface area contributed by atoms with Gasteiger partial charge >= 0.3 is 5.69 Å². The largest absolute Gasteiger partial charge is 0.348 e. The van der Waals surface area contributed by atoms with Crippen LogP contribution in [-0.2, 0) is 11.2 Å². The lowest BCUT2D eigenvalue weighted by molar-refractivity contribution is -0.131. The highest BCUT2D eigenvalue weighted by atomic mass is 19.2. The van der Waals surface area contributed by atoms with Crippen molar-refractivity contribution in [1.82, 2.24) is 24.6 Å². The summed E-state index contributed by atoms with van der Waals surface area (Å²) in [5.74, 6) is -1.39. The molecule has 35 heavy (non-hydrogen) atoms. The Balaban J connectivity index is 1.29. The van der Waals surface area contributed by atoms with Gasteiger partial charge in [-0.3, -0.25) is 9.78 Å². The highest BCUT2D eigenvalue weighted by Gasteiger charge is 2.37. The van der Waals surface area contributed by atoms with Crippen LogP contribution in [0.15, 0.2) is 53.5 Å². The van der Waals surface area contributed by atoms with Gasteiger partial charge in [-0.2, -0.15) is 5.10 Å². The second-order valence-electron chi connectivity index (χ2n) is 9.37. The zero-order valence-corrected chi connectivity index (χ0v) is 18.9. The quantitative estimate of drug-likeness (QED) is 0.475. The Morgan fingerprint density at radius 2 is 1.94 bits per heavy atom. The van der Waals surface area contributed by atoms with Gasteiger partial charge in [0.05, 0.1) is 11.2 Å². The maximum Gasteiger partial charge on any atom is 0.348 e. The van der Waals surface area contributed by atoms with Gasteiger partial charge in [0.15, 0.2) is 11.6 Å². The fourth-order valence-electron chi connectivity index (χ4n) is 4.93. The molecule has 6 rings (SSSR count). The number of fused-ring (bicyclic) bond motifs is 1. The normalized spacial score (nSPS) is 17.9. The molecular formula is C26H23F2N5O2. The number of H-pyrrole nitrogens is 1. The summed E-state index contributed by atoms with van der Waals surface area (Å²) in [6.07, 6.45) is 4.72. The van der Waals surface area contributed by atoms with Crippen LogP contribution in [0.5, 0.6) is 0 Å². The van der Waals surface area contributed by atoms with Gasteiger partial charge in [-0.1, -0.05) is 18.2 Å². The molecule has 2 aromatic heterocycles. The highest BCUT2D eigenvalue weighted by molar-refractivity contribution is 5.84. The van der Waals surface area contributed by atoms with Gasteiger partial charge in [0.1, 0.15) is 5.82 Å². The average Bonchev–Trinajstić information content (AvgIpc) is 3.52. The summed E-state index contributed by atoms with van der Waals surface area (Å²) in [5, 5.41) is 7.34. The van der Waals surface area contributed by atoms with Crippen LogP contribution in [0, 0.1) is 23.5 Å². The second-order valence-corrected chi connectivity index (χ2v) is 9.37. The SMILES string of the molecule is O=C(C1CC1)N1CC[C@@H](Cc2n[nH]c(=O)n2-c2ccc(-c3ccc4cccnc4c3)c(F)c2F)C1. The summed E-state index contributed by atoms with van der Waals surface area (Å²) >= 11 is 0. The van der Waals surface area contributed by atoms with Gasteiger partial charge < -0.3 is 4.90 Å². The van der Waals surface area contributed by atoms with Crippen molar-refractivity contribution in [2.75, 3.05) is 13.1 Å². The Hall–Kier alpha value is -3.88. The highest BCUT2D eigenvalue weighted by Crippen LogP contribution is 2.34. The van der Waals surface area contributed by atoms with Crippen LogP contribution in [0.2, 0.25) is 0 Å². The third-order valence-electron chi connectivity index (χ3n) is 6.96. The molecule has 178 valence electrons. The molecule has 2 fully saturated rings. The number of rotatable bonds is 5. The number of benzene rings is 2. The smallest absolute Gasteiger partial charge is 0.342 e. The number of aromatic nitrogens is 4. The van der Waals surface area contributed by atoms with Gasteiger partial charge in [-0.05, 0) is 55.0 Å². The first kappa shape index (κ1) is 21.6. The number of likely N-dealkylation sites (tertiary alicyclic amines) is 1. The summed E-state index contributed by atoms with van der Waals surface area (Å²) in [4.78, 5) is 31.0. The third-order valence-corrected chi connectivity index (χ3v) is 6.96. The first-order valence-corrected chi connectivity index (χ1v) is 11.8. The van der Waals surface area contributed by atoms with Crippen LogP contribution in [0.4, 0.5) is 8.78 Å². The molecule has 1 N–H and O–H groups in total. The molecule has 9 heteroatoms. The molecule has 0 bridgehead atoms. The Bertz CT molecular complexity index is 1510. The van der Waals surface area contributed by atoms with Crippen molar-refractivity contribution in [3.63, 3.8) is 0 Å². The molecule has 1 aliphatic carbocycles. The van der Waals surface area contributed by atoms with E-state index in [0.29, 0.717) is 36.4 Å². The lowest BCUT2D eigenvalue weighted by atomic mass is 10.0. The fraction of sp³-hybridized carbons (Fsp3) is 0.308. The average molecular weight is 475 g/mol. The van der Waals surface area contributed by atoms with Crippen molar-refractivity contribution in [2.24, 2.45) is 11.8 Å². The van der Waals surface area contributed by atoms with E-state index in [2.05, 4.69) is 15.2 Å². The molecule has 1 amide bonds. The second kappa shape index (κ2) is 8.41. The Kier molecular flexibility index (Phi) is 5.20. The summed E-state index contributed by atoms with van der Waals surface area (Å²) in [5.41, 5.74) is 0.424. The molecule has 0 unspecified atom stereocenters. The third kappa shape index (κ3) is 3.90. The van der Waals surface area contributed by atoms with E-state index in [4.69, 9.17) is 0 Å². The van der Waals surface area contributed by atoms with E-state index in [0.717, 1.165) is 29.2 Å². The predicted octanol–water partition coefficient (Wildman–Crippen LogP) is 3.86. The van der Waals surface area contributed by atoms with E-state index < -0.39 is 17.3 Å². The van der Waals surface area contributed by atoms with Gasteiger partial charge in [0, 0.05) is 42.6 Å². The number of hydrogen-bond donors (Lipinski definition) is 1. The molecule has 1 aliphatic heterocycles. The van der Waals surface area contributed by atoms with Crippen molar-refractivity contribution < 1.29 is 13.6 Å². The predicted molar refractivity (Wildman–Crippen MR) is 126 cm³/mol. The number of pyridine rings is 1. The molecule has 3 heterocycles. The minimum atomic E-state index is -1.12. The lowest BCUT2D eigenvalue weighted by Gasteiger charge is -2.16. The molecule has 2 aliphatic rings. The zero-order chi connectivity index (χ0) is 24.1. The number of nitrogens with one attached hydrogen (secondary N) is 1. The molecular weight excluding hydrogens is 452 g/mol. The van der Waals surface area contributed by atoms with Crippen molar-refractivity contribution >= 4 is 16.8 Å². The molecule has 0 spiro atoms. The minimum absolute atomic E-state index is 0.0851. The monoisotopic (exact) mass is 475 g/mol. The van der Waals surface area contributed by atoms with Crippen LogP contribution in [0.25, 0.3) is 27.7 Å². The summed E-state index contributed by atoms with van der Waals surface area (Å²) in [6.45, 7) is 1.26. The number of aromatic amines is 1. The molecule has 7 nitrogen and oxygen atoms in total. The number of nitrogens with zero attached hydrogens (tertiary/aromatic N) is 4. The van der Waals surface area contributed by atoms with Crippen molar-refractivity contribution in [3.05, 3.63) is 76.6 Å². The topological polar surface area (TPSA) is 83.9 Å². The molecule has 0 radical (unpaired) electrons.